The minimum absolute atomic E-state index is 1.51. The van der Waals surface area contributed by atoms with Crippen LogP contribution in [0.4, 0.5) is 43.9 Å². The zero-order valence-corrected chi connectivity index (χ0v) is 7.71. The first-order valence-corrected chi connectivity index (χ1v) is 3.79. The molecular formula is C6HF10NO. The maximum atomic E-state index is 12.7. The summed E-state index contributed by atoms with van der Waals surface area (Å²) in [5, 5.41) is 0. The lowest BCUT2D eigenvalue weighted by atomic mass is 10.3. The Labute approximate surface area is 91.4 Å². The summed E-state index contributed by atoms with van der Waals surface area (Å²) in [6.07, 6.45) is -17.0. The molecule has 106 valence electrons. The normalized spacial score (nSPS) is 27.8. The van der Waals surface area contributed by atoms with E-state index in [4.69, 9.17) is 0 Å². The highest BCUT2D eigenvalue weighted by Gasteiger charge is 2.82. The molecule has 1 saturated heterocycles. The molecule has 0 radical (unpaired) electrons. The summed E-state index contributed by atoms with van der Waals surface area (Å²) in [4.78, 5) is -2.43. The van der Waals surface area contributed by atoms with Crippen LogP contribution in [0.2, 0.25) is 0 Å². The molecule has 18 heavy (non-hydrogen) atoms. The van der Waals surface area contributed by atoms with E-state index in [0.29, 0.717) is 0 Å². The van der Waals surface area contributed by atoms with E-state index in [1.54, 1.807) is 0 Å². The van der Waals surface area contributed by atoms with Crippen molar-refractivity contribution in [3.8, 4) is 0 Å². The van der Waals surface area contributed by atoms with Gasteiger partial charge in [0.15, 0.2) is 0 Å². The van der Waals surface area contributed by atoms with Crippen LogP contribution in [-0.4, -0.2) is 29.2 Å². The lowest BCUT2D eigenvalue weighted by molar-refractivity contribution is -0.555. The summed E-state index contributed by atoms with van der Waals surface area (Å²) in [6, 6.07) is -12.2. The monoisotopic (exact) mass is 293 g/mol. The Balaban J connectivity index is 3.43. The van der Waals surface area contributed by atoms with Crippen molar-refractivity contribution in [2.75, 3.05) is 0 Å². The van der Waals surface area contributed by atoms with E-state index >= 15 is 0 Å². The van der Waals surface area contributed by atoms with Crippen LogP contribution in [0.5, 0.6) is 0 Å². The van der Waals surface area contributed by atoms with Gasteiger partial charge in [0.2, 0.25) is 0 Å². The molecule has 0 saturated carbocycles. The maximum Gasteiger partial charge on any atom is 0.445 e. The van der Waals surface area contributed by atoms with E-state index < -0.39 is 41.5 Å². The van der Waals surface area contributed by atoms with Crippen molar-refractivity contribution in [3.05, 3.63) is 12.3 Å². The molecule has 0 aromatic rings. The first kappa shape index (κ1) is 14.9. The highest BCUT2D eigenvalue weighted by atomic mass is 19.4. The van der Waals surface area contributed by atoms with Gasteiger partial charge in [0.1, 0.15) is 0 Å². The summed E-state index contributed by atoms with van der Waals surface area (Å²) in [7, 11) is 0. The Kier molecular flexibility index (Phi) is 3.01. The molecule has 1 aliphatic rings. The molecule has 0 amide bonds. The molecule has 0 aliphatic carbocycles. The van der Waals surface area contributed by atoms with E-state index in [1.165, 1.54) is 0 Å². The third kappa shape index (κ3) is 1.87. The van der Waals surface area contributed by atoms with Gasteiger partial charge in [-0.05, 0) is 0 Å². The lowest BCUT2D eigenvalue weighted by Gasteiger charge is -2.46. The molecule has 0 spiro atoms. The molecule has 0 aromatic carbocycles. The predicted octanol–water partition coefficient (Wildman–Crippen LogP) is 3.43. The Morgan fingerprint density at radius 1 is 0.778 bits per heavy atom. The van der Waals surface area contributed by atoms with Gasteiger partial charge in [0, 0.05) is 0 Å². The minimum Gasteiger partial charge on any atom is -0.242 e. The lowest BCUT2D eigenvalue weighted by Crippen LogP contribution is -2.72. The Morgan fingerprint density at radius 3 is 1.39 bits per heavy atom. The Hall–Kier alpha value is -1.20. The molecular weight excluding hydrogens is 292 g/mol. The van der Waals surface area contributed by atoms with E-state index in [0.717, 1.165) is 0 Å². The second kappa shape index (κ2) is 3.65. The summed E-state index contributed by atoms with van der Waals surface area (Å²) in [5.41, 5.74) is 0. The third-order valence-corrected chi connectivity index (χ3v) is 1.79. The topological polar surface area (TPSA) is 12.5 Å². The quantitative estimate of drug-likeness (QED) is 0.542. The SMILES string of the molecule is FC(F)=CN1C(F)(F)C(F)(F)OC(F)(F)C1(F)F. The Morgan fingerprint density at radius 2 is 1.11 bits per heavy atom. The molecule has 1 heterocycles. The van der Waals surface area contributed by atoms with Gasteiger partial charge in [-0.2, -0.15) is 43.9 Å². The van der Waals surface area contributed by atoms with Crippen molar-refractivity contribution in [1.29, 1.82) is 0 Å². The molecule has 0 unspecified atom stereocenters. The summed E-state index contributed by atoms with van der Waals surface area (Å²) < 4.78 is 126. The van der Waals surface area contributed by atoms with Crippen molar-refractivity contribution in [2.45, 2.75) is 24.3 Å². The van der Waals surface area contributed by atoms with Crippen LogP contribution in [0.1, 0.15) is 0 Å². The highest BCUT2D eigenvalue weighted by molar-refractivity contribution is 5.00. The number of hydrogen-bond donors (Lipinski definition) is 0. The van der Waals surface area contributed by atoms with Gasteiger partial charge < -0.3 is 0 Å². The van der Waals surface area contributed by atoms with Gasteiger partial charge >= 0.3 is 24.3 Å². The van der Waals surface area contributed by atoms with E-state index in [1.807, 2.05) is 4.74 Å². The Bertz CT molecular complexity index is 347. The number of halogens is 10. The average molecular weight is 293 g/mol. The molecule has 0 bridgehead atoms. The van der Waals surface area contributed by atoms with Crippen molar-refractivity contribution < 1.29 is 48.6 Å². The molecule has 12 heteroatoms. The van der Waals surface area contributed by atoms with E-state index in [9.17, 15) is 43.9 Å². The minimum atomic E-state index is -6.10. The number of morpholine rings is 1. The van der Waals surface area contributed by atoms with Crippen molar-refractivity contribution in [2.24, 2.45) is 0 Å². The summed E-state index contributed by atoms with van der Waals surface area (Å²) >= 11 is 0. The van der Waals surface area contributed by atoms with Gasteiger partial charge in [-0.15, -0.1) is 0 Å². The van der Waals surface area contributed by atoms with Gasteiger partial charge in [-0.3, -0.25) is 0 Å². The van der Waals surface area contributed by atoms with Crippen LogP contribution in [0.15, 0.2) is 12.3 Å². The second-order valence-electron chi connectivity index (χ2n) is 3.01. The van der Waals surface area contributed by atoms with Crippen LogP contribution in [0, 0.1) is 0 Å². The molecule has 1 rings (SSSR count). The second-order valence-corrected chi connectivity index (χ2v) is 3.01. The van der Waals surface area contributed by atoms with Gasteiger partial charge in [-0.1, -0.05) is 0 Å². The third-order valence-electron chi connectivity index (χ3n) is 1.79. The highest BCUT2D eigenvalue weighted by Crippen LogP contribution is 2.55. The fourth-order valence-electron chi connectivity index (χ4n) is 1.00. The molecule has 0 N–H and O–H groups in total. The number of ether oxygens (including phenoxy) is 1. The largest absolute Gasteiger partial charge is 0.445 e. The van der Waals surface area contributed by atoms with Gasteiger partial charge in [0.05, 0.1) is 6.20 Å². The van der Waals surface area contributed by atoms with Crippen molar-refractivity contribution in [3.63, 3.8) is 0 Å². The molecule has 1 aliphatic heterocycles. The summed E-state index contributed by atoms with van der Waals surface area (Å²) in [6.45, 7) is 0. The standard InChI is InChI=1S/C6HF10NO/c7-2(8)1-17-3(9,10)5(13,14)18-6(15,16)4(17,11)12/h1H. The van der Waals surface area contributed by atoms with Crippen LogP contribution in [-0.2, 0) is 4.74 Å². The summed E-state index contributed by atoms with van der Waals surface area (Å²) in [5.74, 6) is 0. The van der Waals surface area contributed by atoms with Crippen molar-refractivity contribution >= 4 is 0 Å². The van der Waals surface area contributed by atoms with Crippen molar-refractivity contribution in [1.82, 2.24) is 4.90 Å². The zero-order valence-electron chi connectivity index (χ0n) is 7.71. The first-order valence-electron chi connectivity index (χ1n) is 3.79. The fraction of sp³-hybridized carbons (Fsp3) is 0.667. The van der Waals surface area contributed by atoms with E-state index in [2.05, 4.69) is 0 Å². The molecule has 2 nitrogen and oxygen atoms in total. The van der Waals surface area contributed by atoms with E-state index in [-0.39, 0.29) is 0 Å². The molecule has 0 aromatic heterocycles. The number of rotatable bonds is 1. The van der Waals surface area contributed by atoms with Crippen LogP contribution >= 0.6 is 0 Å². The number of nitrogens with zero attached hydrogens (tertiary/aromatic N) is 1. The average Bonchev–Trinajstić information content (AvgIpc) is 2.09. The van der Waals surface area contributed by atoms with Crippen LogP contribution in [0.3, 0.4) is 0 Å². The van der Waals surface area contributed by atoms with Crippen LogP contribution in [0.25, 0.3) is 0 Å². The zero-order chi connectivity index (χ0) is 14.6. The predicted molar refractivity (Wildman–Crippen MR) is 33.0 cm³/mol. The maximum absolute atomic E-state index is 12.7. The van der Waals surface area contributed by atoms with Gasteiger partial charge in [-0.25, -0.2) is 9.64 Å². The fourth-order valence-corrected chi connectivity index (χ4v) is 1.00. The first-order chi connectivity index (χ1) is 7.76. The van der Waals surface area contributed by atoms with Crippen LogP contribution < -0.4 is 0 Å². The van der Waals surface area contributed by atoms with Gasteiger partial charge in [0.25, 0.3) is 6.08 Å². The smallest absolute Gasteiger partial charge is 0.242 e. The molecule has 1 fully saturated rings. The number of hydrogen-bond acceptors (Lipinski definition) is 2. The molecule has 0 atom stereocenters. The number of alkyl halides is 8.